The van der Waals surface area contributed by atoms with Crippen molar-refractivity contribution in [2.45, 2.75) is 13.8 Å². The van der Waals surface area contributed by atoms with Crippen LogP contribution in [0, 0.1) is 13.8 Å². The minimum Gasteiger partial charge on any atom is -0.320 e. The summed E-state index contributed by atoms with van der Waals surface area (Å²) in [6.07, 6.45) is 0. The van der Waals surface area contributed by atoms with Gasteiger partial charge in [-0.05, 0) is 53.5 Å². The van der Waals surface area contributed by atoms with Gasteiger partial charge in [-0.3, -0.25) is 4.79 Å². The van der Waals surface area contributed by atoms with Crippen molar-refractivity contribution in [3.8, 4) is 0 Å². The zero-order valence-corrected chi connectivity index (χ0v) is 13.8. The molecule has 2 aromatic rings. The van der Waals surface area contributed by atoms with E-state index in [2.05, 4.69) is 26.2 Å². The van der Waals surface area contributed by atoms with Crippen molar-refractivity contribution in [3.05, 3.63) is 56.5 Å². The normalized spacial score (nSPS) is 15.2. The molecule has 0 aromatic heterocycles. The van der Waals surface area contributed by atoms with Crippen molar-refractivity contribution in [2.24, 2.45) is 4.99 Å². The van der Waals surface area contributed by atoms with Crippen LogP contribution in [0.3, 0.4) is 0 Å². The summed E-state index contributed by atoms with van der Waals surface area (Å²) in [5.74, 6) is -0.206. The van der Waals surface area contributed by atoms with Crippen molar-refractivity contribution in [3.63, 3.8) is 0 Å². The second-order valence-corrected chi connectivity index (χ2v) is 6.20. The second-order valence-electron chi connectivity index (χ2n) is 4.97. The fraction of sp³-hybridized carbons (Fsp3) is 0.125. The summed E-state index contributed by atoms with van der Waals surface area (Å²) in [4.78, 5) is 16.7. The molecule has 5 heteroatoms. The van der Waals surface area contributed by atoms with Crippen LogP contribution < -0.4 is 5.32 Å². The average molecular weight is 364 g/mol. The van der Waals surface area contributed by atoms with E-state index in [1.165, 1.54) is 0 Å². The molecule has 0 radical (unpaired) electrons. The highest BCUT2D eigenvalue weighted by Gasteiger charge is 2.29. The Morgan fingerprint density at radius 2 is 1.86 bits per heavy atom. The van der Waals surface area contributed by atoms with E-state index >= 15 is 0 Å². The predicted octanol–water partition coefficient (Wildman–Crippen LogP) is 4.79. The van der Waals surface area contributed by atoms with E-state index in [0.29, 0.717) is 10.7 Å². The lowest BCUT2D eigenvalue weighted by atomic mass is 10.1. The predicted molar refractivity (Wildman–Crippen MR) is 89.9 cm³/mol. The number of carbonyl (C=O) groups is 1. The molecule has 1 heterocycles. The van der Waals surface area contributed by atoms with Gasteiger partial charge in [0.1, 0.15) is 5.71 Å². The Labute approximate surface area is 136 Å². The molecule has 0 aliphatic carbocycles. The molecule has 0 saturated heterocycles. The van der Waals surface area contributed by atoms with Gasteiger partial charge in [0.05, 0.1) is 16.4 Å². The van der Waals surface area contributed by atoms with Gasteiger partial charge in [-0.15, -0.1) is 0 Å². The zero-order chi connectivity index (χ0) is 15.1. The lowest BCUT2D eigenvalue weighted by molar-refractivity contribution is -0.110. The largest absolute Gasteiger partial charge is 0.320 e. The van der Waals surface area contributed by atoms with E-state index in [9.17, 15) is 4.79 Å². The molecule has 0 fully saturated rings. The highest BCUT2D eigenvalue weighted by Crippen LogP contribution is 2.38. The summed E-state index contributed by atoms with van der Waals surface area (Å²) < 4.78 is 0.758. The first-order valence-electron chi connectivity index (χ1n) is 6.43. The van der Waals surface area contributed by atoms with Gasteiger partial charge >= 0.3 is 0 Å². The number of nitrogens with one attached hydrogen (secondary N) is 1. The van der Waals surface area contributed by atoms with Crippen LogP contribution >= 0.6 is 27.5 Å². The highest BCUT2D eigenvalue weighted by atomic mass is 79.9. The molecule has 3 rings (SSSR count). The van der Waals surface area contributed by atoms with E-state index in [0.717, 1.165) is 32.5 Å². The number of carbonyl (C=O) groups excluding carboxylic acids is 1. The first-order chi connectivity index (χ1) is 9.97. The third-order valence-electron chi connectivity index (χ3n) is 3.44. The number of halogens is 2. The van der Waals surface area contributed by atoms with Gasteiger partial charge in [-0.2, -0.15) is 0 Å². The van der Waals surface area contributed by atoms with Gasteiger partial charge in [0, 0.05) is 10.0 Å². The quantitative estimate of drug-likeness (QED) is 0.777. The molecule has 21 heavy (non-hydrogen) atoms. The molecule has 1 aliphatic rings. The Balaban J connectivity index is 2.15. The number of aryl methyl sites for hydroxylation is 1. The Bertz CT molecular complexity index is 782. The molecule has 1 amide bonds. The first kappa shape index (κ1) is 14.3. The van der Waals surface area contributed by atoms with E-state index < -0.39 is 0 Å². The van der Waals surface area contributed by atoms with Gasteiger partial charge in [0.25, 0.3) is 5.91 Å². The van der Waals surface area contributed by atoms with Crippen molar-refractivity contribution in [1.29, 1.82) is 0 Å². The second kappa shape index (κ2) is 5.28. The Kier molecular flexibility index (Phi) is 3.59. The number of fused-ring (bicyclic) bond motifs is 1. The summed E-state index contributed by atoms with van der Waals surface area (Å²) >= 11 is 9.61. The summed E-state index contributed by atoms with van der Waals surface area (Å²) in [6, 6.07) is 9.55. The van der Waals surface area contributed by atoms with Crippen molar-refractivity contribution in [1.82, 2.24) is 0 Å². The molecule has 1 N–H and O–H groups in total. The number of anilines is 1. The molecule has 0 spiro atoms. The van der Waals surface area contributed by atoms with E-state index in [4.69, 9.17) is 11.6 Å². The van der Waals surface area contributed by atoms with Crippen LogP contribution in [0.2, 0.25) is 5.02 Å². The SMILES string of the molecule is Cc1ccc(N=C2C(=O)Nc3c2cc(Br)c(Cl)c3C)cc1. The highest BCUT2D eigenvalue weighted by molar-refractivity contribution is 9.10. The third-order valence-corrected chi connectivity index (χ3v) is 4.78. The van der Waals surface area contributed by atoms with E-state index in [-0.39, 0.29) is 5.91 Å². The van der Waals surface area contributed by atoms with Crippen LogP contribution in [0.25, 0.3) is 0 Å². The zero-order valence-electron chi connectivity index (χ0n) is 11.5. The lowest BCUT2D eigenvalue weighted by Crippen LogP contribution is -2.13. The molecular formula is C16H12BrClN2O. The third kappa shape index (κ3) is 2.49. The first-order valence-corrected chi connectivity index (χ1v) is 7.60. The van der Waals surface area contributed by atoms with Gasteiger partial charge < -0.3 is 5.32 Å². The number of rotatable bonds is 1. The Morgan fingerprint density at radius 1 is 1.19 bits per heavy atom. The van der Waals surface area contributed by atoms with Crippen LogP contribution in [0.4, 0.5) is 11.4 Å². The molecule has 0 bridgehead atoms. The molecule has 106 valence electrons. The fourth-order valence-corrected chi connectivity index (χ4v) is 2.93. The van der Waals surface area contributed by atoms with Gasteiger partial charge in [-0.1, -0.05) is 29.3 Å². The maximum absolute atomic E-state index is 12.2. The maximum atomic E-state index is 12.2. The summed E-state index contributed by atoms with van der Waals surface area (Å²) in [6.45, 7) is 3.89. The summed E-state index contributed by atoms with van der Waals surface area (Å²) in [5, 5.41) is 3.44. The molecule has 2 aromatic carbocycles. The van der Waals surface area contributed by atoms with Gasteiger partial charge in [-0.25, -0.2) is 4.99 Å². The molecule has 0 saturated carbocycles. The number of benzene rings is 2. The number of hydrogen-bond acceptors (Lipinski definition) is 2. The van der Waals surface area contributed by atoms with E-state index in [1.807, 2.05) is 44.2 Å². The number of hydrogen-bond donors (Lipinski definition) is 1. The average Bonchev–Trinajstić information content (AvgIpc) is 2.76. The standard InChI is InChI=1S/C16H12BrClN2O/c1-8-3-5-10(6-4-8)19-15-11-7-12(17)13(18)9(2)14(11)20-16(15)21/h3-7H,1-2H3,(H,19,20,21). The maximum Gasteiger partial charge on any atom is 0.275 e. The van der Waals surface area contributed by atoms with Crippen molar-refractivity contribution in [2.75, 3.05) is 5.32 Å². The van der Waals surface area contributed by atoms with Crippen LogP contribution in [0.1, 0.15) is 16.7 Å². The molecule has 0 atom stereocenters. The van der Waals surface area contributed by atoms with Crippen molar-refractivity contribution >= 4 is 50.5 Å². The monoisotopic (exact) mass is 362 g/mol. The van der Waals surface area contributed by atoms with Crippen LogP contribution in [0.15, 0.2) is 39.8 Å². The lowest BCUT2D eigenvalue weighted by Gasteiger charge is -2.07. The van der Waals surface area contributed by atoms with Gasteiger partial charge in [0.2, 0.25) is 0 Å². The van der Waals surface area contributed by atoms with Crippen LogP contribution in [-0.4, -0.2) is 11.6 Å². The smallest absolute Gasteiger partial charge is 0.275 e. The molecular weight excluding hydrogens is 352 g/mol. The van der Waals surface area contributed by atoms with E-state index in [1.54, 1.807) is 0 Å². The topological polar surface area (TPSA) is 41.5 Å². The Morgan fingerprint density at radius 3 is 2.52 bits per heavy atom. The minimum absolute atomic E-state index is 0.206. The number of aliphatic imine (C=N–C) groups is 1. The summed E-state index contributed by atoms with van der Waals surface area (Å²) in [7, 11) is 0. The number of amides is 1. The number of nitrogens with zero attached hydrogens (tertiary/aromatic N) is 1. The summed E-state index contributed by atoms with van der Waals surface area (Å²) in [5.41, 5.74) is 4.66. The van der Waals surface area contributed by atoms with Crippen LogP contribution in [0.5, 0.6) is 0 Å². The Hall–Kier alpha value is -1.65. The molecule has 1 aliphatic heterocycles. The fourth-order valence-electron chi connectivity index (χ4n) is 2.26. The van der Waals surface area contributed by atoms with Crippen LogP contribution in [-0.2, 0) is 4.79 Å². The van der Waals surface area contributed by atoms with Crippen molar-refractivity contribution < 1.29 is 4.79 Å². The van der Waals surface area contributed by atoms with Gasteiger partial charge in [0.15, 0.2) is 0 Å². The molecule has 3 nitrogen and oxygen atoms in total. The molecule has 0 unspecified atom stereocenters. The minimum atomic E-state index is -0.206.